The number of carbonyl (C=O) groups excluding carboxylic acids is 1. The molecule has 0 radical (unpaired) electrons. The largest absolute Gasteiger partial charge is 0.494 e. The number of hydrogen-bond donors (Lipinski definition) is 0. The second-order valence-corrected chi connectivity index (χ2v) is 7.78. The molecule has 1 unspecified atom stereocenters. The fourth-order valence-corrected chi connectivity index (χ4v) is 3.24. The molecular formula is C28H32O4. The zero-order valence-corrected chi connectivity index (χ0v) is 19.2. The molecule has 0 bridgehead atoms. The Balaban J connectivity index is 1.58. The van der Waals surface area contributed by atoms with Gasteiger partial charge in [0.15, 0.2) is 0 Å². The smallest absolute Gasteiger partial charge is 0.343 e. The van der Waals surface area contributed by atoms with Crippen LogP contribution in [0.5, 0.6) is 11.5 Å². The first-order valence-corrected chi connectivity index (χ1v) is 11.4. The van der Waals surface area contributed by atoms with Gasteiger partial charge in [0.2, 0.25) is 0 Å². The monoisotopic (exact) mass is 432 g/mol. The van der Waals surface area contributed by atoms with Gasteiger partial charge in [-0.15, -0.1) is 0 Å². The van der Waals surface area contributed by atoms with Gasteiger partial charge in [0.25, 0.3) is 0 Å². The molecule has 3 aromatic carbocycles. The molecular weight excluding hydrogens is 400 g/mol. The fraction of sp³-hybridized carbons (Fsp3) is 0.321. The molecule has 4 nitrogen and oxygen atoms in total. The third-order valence-electron chi connectivity index (χ3n) is 5.21. The first-order valence-electron chi connectivity index (χ1n) is 11.4. The molecule has 3 rings (SSSR count). The summed E-state index contributed by atoms with van der Waals surface area (Å²) in [7, 11) is 0. The van der Waals surface area contributed by atoms with E-state index in [4.69, 9.17) is 14.2 Å². The second-order valence-electron chi connectivity index (χ2n) is 7.78. The number of rotatable bonds is 11. The van der Waals surface area contributed by atoms with E-state index in [1.54, 1.807) is 24.3 Å². The van der Waals surface area contributed by atoms with Gasteiger partial charge >= 0.3 is 5.97 Å². The molecule has 0 aliphatic carbocycles. The van der Waals surface area contributed by atoms with Gasteiger partial charge in [0.05, 0.1) is 18.3 Å². The van der Waals surface area contributed by atoms with Gasteiger partial charge in [-0.05, 0) is 72.9 Å². The van der Waals surface area contributed by atoms with Crippen molar-refractivity contribution in [1.82, 2.24) is 0 Å². The van der Waals surface area contributed by atoms with Gasteiger partial charge in [-0.25, -0.2) is 4.79 Å². The number of benzene rings is 3. The average Bonchev–Trinajstić information content (AvgIpc) is 2.83. The molecule has 32 heavy (non-hydrogen) atoms. The summed E-state index contributed by atoms with van der Waals surface area (Å²) >= 11 is 0. The van der Waals surface area contributed by atoms with Gasteiger partial charge in [-0.1, -0.05) is 56.7 Å². The third kappa shape index (κ3) is 6.69. The van der Waals surface area contributed by atoms with Crippen LogP contribution in [0.25, 0.3) is 11.1 Å². The fourth-order valence-electron chi connectivity index (χ4n) is 3.24. The summed E-state index contributed by atoms with van der Waals surface area (Å²) in [5.74, 6) is 1.02. The van der Waals surface area contributed by atoms with Crippen LogP contribution in [0.2, 0.25) is 0 Å². The Morgan fingerprint density at radius 2 is 1.34 bits per heavy atom. The molecule has 1 atom stereocenters. The lowest BCUT2D eigenvalue weighted by Gasteiger charge is -2.13. The summed E-state index contributed by atoms with van der Waals surface area (Å²) in [6.07, 6.45) is 3.17. The SMILES string of the molecule is CCCCOc1ccc(-c2ccc(C(=O)Oc3ccc(C(C)OCCC)cc3)cc2)cc1. The molecule has 0 spiro atoms. The summed E-state index contributed by atoms with van der Waals surface area (Å²) in [6, 6.07) is 22.9. The summed E-state index contributed by atoms with van der Waals surface area (Å²) in [6.45, 7) is 7.71. The normalized spacial score (nSPS) is 11.7. The van der Waals surface area contributed by atoms with E-state index in [0.29, 0.717) is 11.3 Å². The van der Waals surface area contributed by atoms with E-state index in [9.17, 15) is 4.79 Å². The van der Waals surface area contributed by atoms with E-state index in [0.717, 1.165) is 54.9 Å². The first kappa shape index (κ1) is 23.6. The highest BCUT2D eigenvalue weighted by molar-refractivity contribution is 5.91. The Morgan fingerprint density at radius 3 is 1.94 bits per heavy atom. The molecule has 0 amide bonds. The van der Waals surface area contributed by atoms with E-state index in [-0.39, 0.29) is 12.1 Å². The summed E-state index contributed by atoms with van der Waals surface area (Å²) in [4.78, 5) is 12.5. The highest BCUT2D eigenvalue weighted by atomic mass is 16.5. The van der Waals surface area contributed by atoms with Crippen molar-refractivity contribution in [2.24, 2.45) is 0 Å². The van der Waals surface area contributed by atoms with E-state index >= 15 is 0 Å². The minimum absolute atomic E-state index is 0.0178. The predicted molar refractivity (Wildman–Crippen MR) is 128 cm³/mol. The van der Waals surface area contributed by atoms with Gasteiger partial charge in [-0.3, -0.25) is 0 Å². The van der Waals surface area contributed by atoms with Crippen molar-refractivity contribution >= 4 is 5.97 Å². The molecule has 0 aromatic heterocycles. The molecule has 3 aromatic rings. The Kier molecular flexibility index (Phi) is 8.88. The summed E-state index contributed by atoms with van der Waals surface area (Å²) in [5.41, 5.74) is 3.68. The highest BCUT2D eigenvalue weighted by Crippen LogP contribution is 2.24. The predicted octanol–water partition coefficient (Wildman–Crippen LogP) is 7.24. The van der Waals surface area contributed by atoms with Crippen LogP contribution in [-0.4, -0.2) is 19.2 Å². The average molecular weight is 433 g/mol. The van der Waals surface area contributed by atoms with Gasteiger partial charge in [0.1, 0.15) is 11.5 Å². The van der Waals surface area contributed by atoms with Crippen LogP contribution < -0.4 is 9.47 Å². The molecule has 0 saturated carbocycles. The standard InChI is InChI=1S/C28H32O4/c1-4-6-20-31-26-15-13-24(14-16-26)23-7-9-25(10-8-23)28(29)32-27-17-11-22(12-18-27)21(3)30-19-5-2/h7-18,21H,4-6,19-20H2,1-3H3. The number of ether oxygens (including phenoxy) is 3. The topological polar surface area (TPSA) is 44.8 Å². The van der Waals surface area contributed by atoms with Crippen LogP contribution in [-0.2, 0) is 4.74 Å². The van der Waals surface area contributed by atoms with Crippen molar-refractivity contribution in [3.05, 3.63) is 83.9 Å². The quantitative estimate of drug-likeness (QED) is 0.182. The lowest BCUT2D eigenvalue weighted by atomic mass is 10.0. The van der Waals surface area contributed by atoms with Crippen LogP contribution in [0.1, 0.15) is 62.1 Å². The molecule has 4 heteroatoms. The van der Waals surface area contributed by atoms with E-state index in [2.05, 4.69) is 13.8 Å². The number of carbonyl (C=O) groups is 1. The number of unbranched alkanes of at least 4 members (excludes halogenated alkanes) is 1. The van der Waals surface area contributed by atoms with Crippen LogP contribution >= 0.6 is 0 Å². The van der Waals surface area contributed by atoms with Crippen molar-refractivity contribution in [2.75, 3.05) is 13.2 Å². The lowest BCUT2D eigenvalue weighted by Crippen LogP contribution is -2.08. The van der Waals surface area contributed by atoms with Crippen LogP contribution in [0.15, 0.2) is 72.8 Å². The van der Waals surface area contributed by atoms with E-state index in [1.165, 1.54) is 0 Å². The van der Waals surface area contributed by atoms with Crippen LogP contribution in [0, 0.1) is 0 Å². The minimum Gasteiger partial charge on any atom is -0.494 e. The highest BCUT2D eigenvalue weighted by Gasteiger charge is 2.11. The van der Waals surface area contributed by atoms with Gasteiger partial charge in [-0.2, -0.15) is 0 Å². The number of esters is 1. The Labute approximate surface area is 191 Å². The zero-order valence-electron chi connectivity index (χ0n) is 19.2. The van der Waals surface area contributed by atoms with Gasteiger partial charge in [0, 0.05) is 6.61 Å². The number of hydrogen-bond acceptors (Lipinski definition) is 4. The maximum absolute atomic E-state index is 12.5. The molecule has 0 N–H and O–H groups in total. The molecule has 168 valence electrons. The zero-order chi connectivity index (χ0) is 22.8. The molecule has 0 saturated heterocycles. The summed E-state index contributed by atoms with van der Waals surface area (Å²) in [5, 5.41) is 0. The molecule has 0 aliphatic heterocycles. The Bertz CT molecular complexity index is 960. The van der Waals surface area contributed by atoms with Crippen molar-refractivity contribution in [3.63, 3.8) is 0 Å². The molecule has 0 fully saturated rings. The second kappa shape index (κ2) is 12.1. The van der Waals surface area contributed by atoms with Crippen molar-refractivity contribution in [3.8, 4) is 22.6 Å². The maximum atomic E-state index is 12.5. The van der Waals surface area contributed by atoms with E-state index in [1.807, 2.05) is 55.5 Å². The van der Waals surface area contributed by atoms with Gasteiger partial charge < -0.3 is 14.2 Å². The van der Waals surface area contributed by atoms with Crippen molar-refractivity contribution in [2.45, 2.75) is 46.1 Å². The molecule has 0 heterocycles. The van der Waals surface area contributed by atoms with Crippen LogP contribution in [0.3, 0.4) is 0 Å². The van der Waals surface area contributed by atoms with Crippen molar-refractivity contribution < 1.29 is 19.0 Å². The Morgan fingerprint density at radius 1 is 0.750 bits per heavy atom. The summed E-state index contributed by atoms with van der Waals surface area (Å²) < 4.78 is 17.0. The van der Waals surface area contributed by atoms with Crippen molar-refractivity contribution in [1.29, 1.82) is 0 Å². The van der Waals surface area contributed by atoms with Crippen LogP contribution in [0.4, 0.5) is 0 Å². The maximum Gasteiger partial charge on any atom is 0.343 e. The molecule has 0 aliphatic rings. The van der Waals surface area contributed by atoms with E-state index < -0.39 is 0 Å². The third-order valence-corrected chi connectivity index (χ3v) is 5.21. The first-order chi connectivity index (χ1) is 15.6. The lowest BCUT2D eigenvalue weighted by molar-refractivity contribution is 0.0662. The Hall–Kier alpha value is -3.11. The minimum atomic E-state index is -0.376.